The number of nitrogens with zero attached hydrogens (tertiary/aromatic N) is 2. The van der Waals surface area contributed by atoms with E-state index in [1.807, 2.05) is 13.8 Å². The smallest absolute Gasteiger partial charge is 0.276 e. The van der Waals surface area contributed by atoms with Crippen LogP contribution in [0.25, 0.3) is 5.69 Å². The molecule has 0 aliphatic heterocycles. The Labute approximate surface area is 132 Å². The van der Waals surface area contributed by atoms with Crippen molar-refractivity contribution < 1.29 is 13.9 Å². The normalized spacial score (nSPS) is 11.8. The Morgan fingerprint density at radius 2 is 2.04 bits per heavy atom. The molecule has 0 saturated heterocycles. The van der Waals surface area contributed by atoms with Gasteiger partial charge in [-0.3, -0.25) is 9.59 Å². The Hall–Kier alpha value is -2.70. The van der Waals surface area contributed by atoms with Crippen LogP contribution >= 0.6 is 0 Å². The number of halogens is 1. The van der Waals surface area contributed by atoms with Crippen LogP contribution in [0.4, 0.5) is 4.39 Å². The topological polar surface area (TPSA) is 73.2 Å². The van der Waals surface area contributed by atoms with Crippen LogP contribution in [0.1, 0.15) is 30.8 Å². The van der Waals surface area contributed by atoms with Crippen LogP contribution in [0.2, 0.25) is 0 Å². The monoisotopic (exact) mass is 319 g/mol. The average Bonchev–Trinajstić information content (AvgIpc) is 2.55. The van der Waals surface area contributed by atoms with Crippen LogP contribution in [0.3, 0.4) is 0 Å². The molecule has 1 amide bonds. The van der Waals surface area contributed by atoms with Crippen molar-refractivity contribution in [1.82, 2.24) is 15.1 Å². The Bertz CT molecular complexity index is 756. The SMILES string of the molecule is CCC(C)NC(=O)c1nn(-c2ccc(F)cc2)c(OC)cc1=O. The molecule has 7 heteroatoms. The lowest BCUT2D eigenvalue weighted by Crippen LogP contribution is -2.36. The summed E-state index contributed by atoms with van der Waals surface area (Å²) in [5, 5.41) is 6.77. The maximum absolute atomic E-state index is 13.1. The molecule has 0 radical (unpaired) electrons. The molecule has 2 rings (SSSR count). The predicted octanol–water partition coefficient (Wildman–Crippen LogP) is 1.91. The van der Waals surface area contributed by atoms with Crippen LogP contribution in [0, 0.1) is 5.82 Å². The van der Waals surface area contributed by atoms with Crippen molar-refractivity contribution in [2.45, 2.75) is 26.3 Å². The highest BCUT2D eigenvalue weighted by Crippen LogP contribution is 2.15. The van der Waals surface area contributed by atoms with Crippen LogP contribution in [0.15, 0.2) is 35.1 Å². The number of carbonyl (C=O) groups excluding carboxylic acids is 1. The van der Waals surface area contributed by atoms with Crippen molar-refractivity contribution in [3.05, 3.63) is 52.1 Å². The second-order valence-corrected chi connectivity index (χ2v) is 5.07. The molecule has 23 heavy (non-hydrogen) atoms. The fraction of sp³-hybridized carbons (Fsp3) is 0.312. The van der Waals surface area contributed by atoms with Gasteiger partial charge in [-0.2, -0.15) is 5.10 Å². The van der Waals surface area contributed by atoms with Gasteiger partial charge in [0.05, 0.1) is 18.9 Å². The van der Waals surface area contributed by atoms with Crippen LogP contribution < -0.4 is 15.5 Å². The fourth-order valence-corrected chi connectivity index (χ4v) is 1.90. The number of ether oxygens (including phenoxy) is 1. The van der Waals surface area contributed by atoms with Gasteiger partial charge in [-0.25, -0.2) is 9.07 Å². The highest BCUT2D eigenvalue weighted by molar-refractivity contribution is 5.92. The van der Waals surface area contributed by atoms with Gasteiger partial charge >= 0.3 is 0 Å². The van der Waals surface area contributed by atoms with E-state index < -0.39 is 17.2 Å². The maximum Gasteiger partial charge on any atom is 0.276 e. The van der Waals surface area contributed by atoms with Gasteiger partial charge < -0.3 is 10.1 Å². The first-order valence-electron chi connectivity index (χ1n) is 7.21. The van der Waals surface area contributed by atoms with Gasteiger partial charge in [-0.05, 0) is 37.6 Å². The summed E-state index contributed by atoms with van der Waals surface area (Å²) in [6, 6.07) is 6.57. The average molecular weight is 319 g/mol. The molecule has 1 unspecified atom stereocenters. The molecule has 0 aliphatic rings. The van der Waals surface area contributed by atoms with Gasteiger partial charge in [0.1, 0.15) is 5.82 Å². The Morgan fingerprint density at radius 1 is 1.39 bits per heavy atom. The van der Waals surface area contributed by atoms with E-state index in [2.05, 4.69) is 10.4 Å². The zero-order valence-electron chi connectivity index (χ0n) is 13.2. The summed E-state index contributed by atoms with van der Waals surface area (Å²) in [6.45, 7) is 3.75. The fourth-order valence-electron chi connectivity index (χ4n) is 1.90. The molecule has 0 bridgehead atoms. The first kappa shape index (κ1) is 16.7. The quantitative estimate of drug-likeness (QED) is 0.913. The van der Waals surface area contributed by atoms with Gasteiger partial charge in [-0.15, -0.1) is 0 Å². The number of hydrogen-bond acceptors (Lipinski definition) is 4. The predicted molar refractivity (Wildman–Crippen MR) is 83.6 cm³/mol. The molecule has 1 heterocycles. The van der Waals surface area contributed by atoms with E-state index in [4.69, 9.17) is 4.74 Å². The van der Waals surface area contributed by atoms with Crippen molar-refractivity contribution in [3.8, 4) is 11.6 Å². The van der Waals surface area contributed by atoms with Crippen molar-refractivity contribution in [2.75, 3.05) is 7.11 Å². The summed E-state index contributed by atoms with van der Waals surface area (Å²) < 4.78 is 19.5. The second kappa shape index (κ2) is 7.04. The molecular formula is C16H18FN3O3. The molecule has 1 aromatic heterocycles. The zero-order valence-corrected chi connectivity index (χ0v) is 13.2. The van der Waals surface area contributed by atoms with Crippen LogP contribution in [-0.2, 0) is 0 Å². The van der Waals surface area contributed by atoms with E-state index in [1.165, 1.54) is 42.1 Å². The van der Waals surface area contributed by atoms with Crippen LogP contribution in [0.5, 0.6) is 5.88 Å². The number of aromatic nitrogens is 2. The molecule has 0 saturated carbocycles. The summed E-state index contributed by atoms with van der Waals surface area (Å²) in [4.78, 5) is 24.3. The standard InChI is InChI=1S/C16H18FN3O3/c1-4-10(2)18-16(22)15-13(21)9-14(23-3)20(19-15)12-7-5-11(17)6-8-12/h5-10H,4H2,1-3H3,(H,18,22). The third kappa shape index (κ3) is 3.74. The lowest BCUT2D eigenvalue weighted by Gasteiger charge is -2.14. The Kier molecular flexibility index (Phi) is 5.10. The first-order chi connectivity index (χ1) is 11.0. The Morgan fingerprint density at radius 3 is 2.61 bits per heavy atom. The van der Waals surface area contributed by atoms with Crippen molar-refractivity contribution in [3.63, 3.8) is 0 Å². The van der Waals surface area contributed by atoms with E-state index in [-0.39, 0.29) is 17.6 Å². The summed E-state index contributed by atoms with van der Waals surface area (Å²) in [5.74, 6) is -0.798. The van der Waals surface area contributed by atoms with Crippen molar-refractivity contribution >= 4 is 5.91 Å². The number of hydrogen-bond donors (Lipinski definition) is 1. The molecule has 2 aromatic rings. The maximum atomic E-state index is 13.1. The Balaban J connectivity index is 2.50. The molecule has 122 valence electrons. The number of rotatable bonds is 5. The van der Waals surface area contributed by atoms with E-state index in [9.17, 15) is 14.0 Å². The largest absolute Gasteiger partial charge is 0.481 e. The van der Waals surface area contributed by atoms with Crippen molar-refractivity contribution in [1.29, 1.82) is 0 Å². The molecule has 0 aliphatic carbocycles. The molecule has 6 nitrogen and oxygen atoms in total. The van der Waals surface area contributed by atoms with Gasteiger partial charge in [0.15, 0.2) is 5.69 Å². The number of amides is 1. The number of benzene rings is 1. The van der Waals surface area contributed by atoms with Crippen LogP contribution in [-0.4, -0.2) is 28.8 Å². The molecule has 0 fully saturated rings. The van der Waals surface area contributed by atoms with Gasteiger partial charge in [0.25, 0.3) is 5.91 Å². The van der Waals surface area contributed by atoms with Gasteiger partial charge in [0, 0.05) is 6.04 Å². The summed E-state index contributed by atoms with van der Waals surface area (Å²) in [6.07, 6.45) is 0.730. The minimum Gasteiger partial charge on any atom is -0.481 e. The molecule has 1 N–H and O–H groups in total. The molecule has 1 aromatic carbocycles. The third-order valence-electron chi connectivity index (χ3n) is 3.38. The summed E-state index contributed by atoms with van der Waals surface area (Å²) in [5.41, 5.74) is -0.308. The first-order valence-corrected chi connectivity index (χ1v) is 7.21. The van der Waals surface area contributed by atoms with E-state index >= 15 is 0 Å². The van der Waals surface area contributed by atoms with Crippen molar-refractivity contribution in [2.24, 2.45) is 0 Å². The highest BCUT2D eigenvalue weighted by Gasteiger charge is 2.18. The highest BCUT2D eigenvalue weighted by atomic mass is 19.1. The second-order valence-electron chi connectivity index (χ2n) is 5.07. The number of carbonyl (C=O) groups is 1. The van der Waals surface area contributed by atoms with E-state index in [0.29, 0.717) is 5.69 Å². The zero-order chi connectivity index (χ0) is 17.0. The summed E-state index contributed by atoms with van der Waals surface area (Å²) in [7, 11) is 1.38. The minimum absolute atomic E-state index is 0.0786. The molecule has 1 atom stereocenters. The molecular weight excluding hydrogens is 301 g/mol. The van der Waals surface area contributed by atoms with Gasteiger partial charge in [0.2, 0.25) is 11.3 Å². The number of methoxy groups -OCH3 is 1. The number of nitrogens with one attached hydrogen (secondary N) is 1. The van der Waals surface area contributed by atoms with Gasteiger partial charge in [-0.1, -0.05) is 6.92 Å². The minimum atomic E-state index is -0.553. The third-order valence-corrected chi connectivity index (χ3v) is 3.38. The van der Waals surface area contributed by atoms with E-state index in [1.54, 1.807) is 0 Å². The van der Waals surface area contributed by atoms with E-state index in [0.717, 1.165) is 6.42 Å². The lowest BCUT2D eigenvalue weighted by atomic mass is 10.2. The lowest BCUT2D eigenvalue weighted by molar-refractivity contribution is 0.0931. The molecule has 0 spiro atoms. The summed E-state index contributed by atoms with van der Waals surface area (Å²) >= 11 is 0.